The average molecular weight is 334 g/mol. The van der Waals surface area contributed by atoms with Gasteiger partial charge in [-0.15, -0.1) is 0 Å². The summed E-state index contributed by atoms with van der Waals surface area (Å²) in [5.41, 5.74) is 1.29. The van der Waals surface area contributed by atoms with Crippen molar-refractivity contribution in [2.45, 2.75) is 65.1 Å². The molecular weight excluding hydrogens is 303 g/mol. The molecule has 2 fully saturated rings. The van der Waals surface area contributed by atoms with Gasteiger partial charge in [-0.05, 0) is 36.3 Å². The van der Waals surface area contributed by atoms with E-state index in [4.69, 9.17) is 9.47 Å². The summed E-state index contributed by atoms with van der Waals surface area (Å²) in [6, 6.07) is 6.47. The summed E-state index contributed by atoms with van der Waals surface area (Å²) in [6.45, 7) is 6.23. The molecule has 1 atom stereocenters. The zero-order chi connectivity index (χ0) is 17.0. The van der Waals surface area contributed by atoms with E-state index in [1.54, 1.807) is 12.1 Å². The van der Waals surface area contributed by atoms with Crippen LogP contribution in [-0.2, 0) is 9.47 Å². The van der Waals surface area contributed by atoms with E-state index < -0.39 is 0 Å². The first-order valence-corrected chi connectivity index (χ1v) is 9.64. The maximum atomic E-state index is 13.1. The zero-order valence-electron chi connectivity index (χ0n) is 15.1. The van der Waals surface area contributed by atoms with Crippen molar-refractivity contribution in [2.24, 2.45) is 17.3 Å². The molecule has 0 amide bonds. The molecule has 1 aliphatic carbocycles. The van der Waals surface area contributed by atoms with Crippen LogP contribution in [-0.4, -0.2) is 13.2 Å². The van der Waals surface area contributed by atoms with Gasteiger partial charge >= 0.3 is 0 Å². The average Bonchev–Trinajstić information content (AvgIpc) is 2.63. The minimum Gasteiger partial charge on any atom is -0.348 e. The molecule has 0 spiro atoms. The number of ether oxygens (including phenoxy) is 2. The molecule has 0 aromatic heterocycles. The second-order valence-corrected chi connectivity index (χ2v) is 7.73. The molecule has 1 saturated carbocycles. The van der Waals surface area contributed by atoms with Crippen LogP contribution in [0.4, 0.5) is 4.39 Å². The lowest BCUT2D eigenvalue weighted by Gasteiger charge is -2.50. The van der Waals surface area contributed by atoms with E-state index in [1.165, 1.54) is 57.1 Å². The molecule has 1 saturated heterocycles. The highest BCUT2D eigenvalue weighted by Crippen LogP contribution is 2.51. The largest absolute Gasteiger partial charge is 0.348 e. The first-order valence-electron chi connectivity index (χ1n) is 9.64. The summed E-state index contributed by atoms with van der Waals surface area (Å²) in [5, 5.41) is 0. The standard InChI is InChI=1S/C21H31FO2/c1-3-7-16(2)21(12-5-4-6-13-21)18-14-23-20(24-15-18)17-8-10-19(22)11-9-17/h8-11,16,18,20H,3-7,12-15H2,1-2H3. The van der Waals surface area contributed by atoms with E-state index in [9.17, 15) is 4.39 Å². The van der Waals surface area contributed by atoms with Crippen molar-refractivity contribution in [2.75, 3.05) is 13.2 Å². The Morgan fingerprint density at radius 3 is 2.29 bits per heavy atom. The van der Waals surface area contributed by atoms with Crippen molar-refractivity contribution < 1.29 is 13.9 Å². The van der Waals surface area contributed by atoms with Crippen molar-refractivity contribution in [3.8, 4) is 0 Å². The van der Waals surface area contributed by atoms with Gasteiger partial charge in [-0.2, -0.15) is 0 Å². The van der Waals surface area contributed by atoms with Crippen LogP contribution in [0.3, 0.4) is 0 Å². The maximum Gasteiger partial charge on any atom is 0.183 e. The zero-order valence-corrected chi connectivity index (χ0v) is 15.1. The van der Waals surface area contributed by atoms with E-state index in [2.05, 4.69) is 13.8 Å². The van der Waals surface area contributed by atoms with Crippen molar-refractivity contribution in [1.82, 2.24) is 0 Å². The molecule has 24 heavy (non-hydrogen) atoms. The van der Waals surface area contributed by atoms with Crippen molar-refractivity contribution in [3.63, 3.8) is 0 Å². The second-order valence-electron chi connectivity index (χ2n) is 7.73. The molecule has 3 rings (SSSR count). The van der Waals surface area contributed by atoms with Gasteiger partial charge in [-0.1, -0.05) is 58.1 Å². The number of rotatable bonds is 5. The van der Waals surface area contributed by atoms with Gasteiger partial charge in [0.05, 0.1) is 13.2 Å². The molecule has 1 aromatic carbocycles. The van der Waals surface area contributed by atoms with Gasteiger partial charge in [0.2, 0.25) is 0 Å². The predicted molar refractivity (Wildman–Crippen MR) is 94.1 cm³/mol. The van der Waals surface area contributed by atoms with Gasteiger partial charge in [0.15, 0.2) is 6.29 Å². The fourth-order valence-electron chi connectivity index (χ4n) is 4.88. The Bertz CT molecular complexity index is 499. The lowest BCUT2D eigenvalue weighted by atomic mass is 9.58. The third-order valence-electron chi connectivity index (χ3n) is 6.34. The van der Waals surface area contributed by atoms with Crippen LogP contribution in [0, 0.1) is 23.1 Å². The lowest BCUT2D eigenvalue weighted by molar-refractivity contribution is -0.232. The van der Waals surface area contributed by atoms with Crippen molar-refractivity contribution in [1.29, 1.82) is 0 Å². The summed E-state index contributed by atoms with van der Waals surface area (Å²) in [7, 11) is 0. The Labute approximate surface area is 145 Å². The molecule has 1 heterocycles. The molecule has 2 nitrogen and oxygen atoms in total. The summed E-state index contributed by atoms with van der Waals surface area (Å²) in [4.78, 5) is 0. The van der Waals surface area contributed by atoms with Gasteiger partial charge in [0, 0.05) is 11.5 Å². The summed E-state index contributed by atoms with van der Waals surface area (Å²) in [5.74, 6) is 0.986. The van der Waals surface area contributed by atoms with Crippen LogP contribution in [0.5, 0.6) is 0 Å². The molecule has 0 bridgehead atoms. The molecule has 1 aromatic rings. The number of hydrogen-bond acceptors (Lipinski definition) is 2. The van der Waals surface area contributed by atoms with Crippen LogP contribution in [0.1, 0.15) is 70.6 Å². The lowest BCUT2D eigenvalue weighted by Crippen LogP contribution is -2.45. The van der Waals surface area contributed by atoms with E-state index in [0.717, 1.165) is 24.7 Å². The maximum absolute atomic E-state index is 13.1. The molecule has 2 aliphatic rings. The smallest absolute Gasteiger partial charge is 0.183 e. The van der Waals surface area contributed by atoms with Gasteiger partial charge in [0.1, 0.15) is 5.82 Å². The van der Waals surface area contributed by atoms with Crippen molar-refractivity contribution in [3.05, 3.63) is 35.6 Å². The second kappa shape index (κ2) is 7.97. The SMILES string of the molecule is CCCC(C)C1(C2COC(c3ccc(F)cc3)OC2)CCCCC1. The van der Waals surface area contributed by atoms with E-state index >= 15 is 0 Å². The number of benzene rings is 1. The summed E-state index contributed by atoms with van der Waals surface area (Å²) >= 11 is 0. The van der Waals surface area contributed by atoms with E-state index in [0.29, 0.717) is 11.3 Å². The highest BCUT2D eigenvalue weighted by atomic mass is 19.1. The minimum atomic E-state index is -0.344. The Morgan fingerprint density at radius 1 is 1.08 bits per heavy atom. The van der Waals surface area contributed by atoms with Gasteiger partial charge in [-0.25, -0.2) is 4.39 Å². The topological polar surface area (TPSA) is 18.5 Å². The summed E-state index contributed by atoms with van der Waals surface area (Å²) in [6.07, 6.45) is 8.86. The van der Waals surface area contributed by atoms with Crippen LogP contribution in [0.2, 0.25) is 0 Å². The number of hydrogen-bond donors (Lipinski definition) is 0. The Balaban J connectivity index is 1.67. The van der Waals surface area contributed by atoms with Crippen LogP contribution >= 0.6 is 0 Å². The van der Waals surface area contributed by atoms with Crippen LogP contribution < -0.4 is 0 Å². The highest BCUT2D eigenvalue weighted by molar-refractivity contribution is 5.17. The van der Waals surface area contributed by atoms with E-state index in [-0.39, 0.29) is 12.1 Å². The molecule has 134 valence electrons. The first-order chi connectivity index (χ1) is 11.7. The highest BCUT2D eigenvalue weighted by Gasteiger charge is 2.45. The van der Waals surface area contributed by atoms with Crippen LogP contribution in [0.25, 0.3) is 0 Å². The quantitative estimate of drug-likeness (QED) is 0.670. The van der Waals surface area contributed by atoms with Gasteiger partial charge in [-0.3, -0.25) is 0 Å². The van der Waals surface area contributed by atoms with Gasteiger partial charge in [0.25, 0.3) is 0 Å². The molecular formula is C21H31FO2. The normalized spacial score (nSPS) is 28.5. The molecule has 0 N–H and O–H groups in total. The van der Waals surface area contributed by atoms with Crippen molar-refractivity contribution >= 4 is 0 Å². The Kier molecular flexibility index (Phi) is 5.93. The monoisotopic (exact) mass is 334 g/mol. The Hall–Kier alpha value is -0.930. The predicted octanol–water partition coefficient (Wildman–Crippen LogP) is 5.87. The molecule has 1 aliphatic heterocycles. The third-order valence-corrected chi connectivity index (χ3v) is 6.34. The minimum absolute atomic E-state index is 0.220. The van der Waals surface area contributed by atoms with E-state index in [1.807, 2.05) is 0 Å². The fourth-order valence-corrected chi connectivity index (χ4v) is 4.88. The first kappa shape index (κ1) is 17.9. The molecule has 1 unspecified atom stereocenters. The summed E-state index contributed by atoms with van der Waals surface area (Å²) < 4.78 is 25.2. The third kappa shape index (κ3) is 3.67. The Morgan fingerprint density at radius 2 is 1.71 bits per heavy atom. The fraction of sp³-hybridized carbons (Fsp3) is 0.714. The van der Waals surface area contributed by atoms with Crippen LogP contribution in [0.15, 0.2) is 24.3 Å². The molecule has 3 heteroatoms. The molecule has 0 radical (unpaired) electrons. The number of halogens is 1. The van der Waals surface area contributed by atoms with Gasteiger partial charge < -0.3 is 9.47 Å².